The number of carbonyl (C=O) groups excluding carboxylic acids is 1. The SMILES string of the molecule is CC(C)c1nc(N)c(C=O)c(Cl)n1. The number of carbonyl (C=O) groups is 1. The maximum Gasteiger partial charge on any atom is 0.156 e. The molecule has 0 fully saturated rings. The predicted molar refractivity (Wildman–Crippen MR) is 50.9 cm³/mol. The molecule has 0 saturated heterocycles. The summed E-state index contributed by atoms with van der Waals surface area (Å²) in [5.74, 6) is 0.826. The fourth-order valence-corrected chi connectivity index (χ4v) is 1.07. The van der Waals surface area contributed by atoms with Crippen LogP contribution in [0, 0.1) is 0 Å². The highest BCUT2D eigenvalue weighted by Gasteiger charge is 2.11. The summed E-state index contributed by atoms with van der Waals surface area (Å²) in [6.07, 6.45) is 0.557. The minimum Gasteiger partial charge on any atom is -0.383 e. The zero-order chi connectivity index (χ0) is 10.0. The van der Waals surface area contributed by atoms with Crippen LogP contribution in [0.4, 0.5) is 5.82 Å². The summed E-state index contributed by atoms with van der Waals surface area (Å²) in [6.45, 7) is 3.84. The Balaban J connectivity index is 3.28. The molecule has 1 rings (SSSR count). The van der Waals surface area contributed by atoms with E-state index < -0.39 is 0 Å². The lowest BCUT2D eigenvalue weighted by Crippen LogP contribution is -2.06. The largest absolute Gasteiger partial charge is 0.383 e. The van der Waals surface area contributed by atoms with Gasteiger partial charge in [-0.05, 0) is 0 Å². The van der Waals surface area contributed by atoms with Gasteiger partial charge in [0.2, 0.25) is 0 Å². The van der Waals surface area contributed by atoms with Crippen molar-refractivity contribution in [3.8, 4) is 0 Å². The topological polar surface area (TPSA) is 68.9 Å². The Morgan fingerprint density at radius 3 is 2.46 bits per heavy atom. The molecule has 0 aliphatic carbocycles. The van der Waals surface area contributed by atoms with Crippen LogP contribution in [-0.4, -0.2) is 16.3 Å². The van der Waals surface area contributed by atoms with Crippen molar-refractivity contribution in [3.63, 3.8) is 0 Å². The molecule has 0 saturated carbocycles. The molecule has 0 radical (unpaired) electrons. The van der Waals surface area contributed by atoms with Gasteiger partial charge in [0.25, 0.3) is 0 Å². The highest BCUT2D eigenvalue weighted by Crippen LogP contribution is 2.19. The first kappa shape index (κ1) is 9.92. The van der Waals surface area contributed by atoms with Crippen molar-refractivity contribution < 1.29 is 4.79 Å². The molecular formula is C8H10ClN3O. The second kappa shape index (κ2) is 3.70. The summed E-state index contributed by atoms with van der Waals surface area (Å²) in [5.41, 5.74) is 5.66. The van der Waals surface area contributed by atoms with Crippen molar-refractivity contribution in [1.29, 1.82) is 0 Å². The van der Waals surface area contributed by atoms with Crippen molar-refractivity contribution in [2.45, 2.75) is 19.8 Å². The molecule has 0 bridgehead atoms. The fraction of sp³-hybridized carbons (Fsp3) is 0.375. The summed E-state index contributed by atoms with van der Waals surface area (Å²) in [5, 5.41) is 0.117. The van der Waals surface area contributed by atoms with Gasteiger partial charge in [-0.3, -0.25) is 4.79 Å². The monoisotopic (exact) mass is 199 g/mol. The quantitative estimate of drug-likeness (QED) is 0.581. The molecule has 0 unspecified atom stereocenters. The van der Waals surface area contributed by atoms with Crippen molar-refractivity contribution in [1.82, 2.24) is 9.97 Å². The summed E-state index contributed by atoms with van der Waals surface area (Å²) in [6, 6.07) is 0. The minimum atomic E-state index is 0.117. The number of aromatic nitrogens is 2. The minimum absolute atomic E-state index is 0.117. The lowest BCUT2D eigenvalue weighted by Gasteiger charge is -2.06. The third kappa shape index (κ3) is 1.95. The van der Waals surface area contributed by atoms with E-state index in [1.165, 1.54) is 0 Å². The molecule has 70 valence electrons. The van der Waals surface area contributed by atoms with Gasteiger partial charge in [0.15, 0.2) is 6.29 Å². The van der Waals surface area contributed by atoms with Gasteiger partial charge >= 0.3 is 0 Å². The van der Waals surface area contributed by atoms with E-state index in [1.54, 1.807) is 0 Å². The highest BCUT2D eigenvalue weighted by molar-refractivity contribution is 6.32. The molecule has 1 aromatic heterocycles. The third-order valence-corrected chi connectivity index (χ3v) is 1.87. The first-order valence-corrected chi connectivity index (χ1v) is 4.22. The maximum atomic E-state index is 10.5. The van der Waals surface area contributed by atoms with Crippen molar-refractivity contribution in [2.24, 2.45) is 0 Å². The van der Waals surface area contributed by atoms with Crippen LogP contribution in [-0.2, 0) is 0 Å². The number of rotatable bonds is 2. The van der Waals surface area contributed by atoms with E-state index in [-0.39, 0.29) is 22.5 Å². The molecule has 0 spiro atoms. The lowest BCUT2D eigenvalue weighted by atomic mass is 10.2. The standard InChI is InChI=1S/C8H10ClN3O/c1-4(2)8-11-6(9)5(3-13)7(10)12-8/h3-4H,1-2H3,(H2,10,11,12). The Bertz CT molecular complexity index is 315. The molecule has 1 heterocycles. The molecule has 0 aliphatic rings. The number of nitrogen functional groups attached to an aromatic ring is 1. The van der Waals surface area contributed by atoms with Crippen LogP contribution >= 0.6 is 11.6 Å². The average molecular weight is 200 g/mol. The molecule has 0 aliphatic heterocycles. The van der Waals surface area contributed by atoms with Gasteiger partial charge in [0.05, 0.1) is 5.56 Å². The first-order chi connectivity index (χ1) is 6.06. The average Bonchev–Trinajstić information content (AvgIpc) is 2.03. The van der Waals surface area contributed by atoms with Gasteiger partial charge < -0.3 is 5.73 Å². The number of hydrogen-bond acceptors (Lipinski definition) is 4. The summed E-state index contributed by atoms with van der Waals surface area (Å²) in [7, 11) is 0. The summed E-state index contributed by atoms with van der Waals surface area (Å²) in [4.78, 5) is 18.4. The predicted octanol–water partition coefficient (Wildman–Crippen LogP) is 1.65. The van der Waals surface area contributed by atoms with E-state index in [0.29, 0.717) is 12.1 Å². The van der Waals surface area contributed by atoms with Crippen LogP contribution in [0.2, 0.25) is 5.15 Å². The van der Waals surface area contributed by atoms with Crippen LogP contribution < -0.4 is 5.73 Å². The number of aldehydes is 1. The van der Waals surface area contributed by atoms with E-state index in [2.05, 4.69) is 9.97 Å². The summed E-state index contributed by atoms with van der Waals surface area (Å²) < 4.78 is 0. The summed E-state index contributed by atoms with van der Waals surface area (Å²) >= 11 is 5.72. The van der Waals surface area contributed by atoms with E-state index in [9.17, 15) is 4.79 Å². The van der Waals surface area contributed by atoms with E-state index in [1.807, 2.05) is 13.8 Å². The third-order valence-electron chi connectivity index (χ3n) is 1.58. The van der Waals surface area contributed by atoms with Gasteiger partial charge in [-0.2, -0.15) is 0 Å². The van der Waals surface area contributed by atoms with Crippen LogP contribution in [0.5, 0.6) is 0 Å². The number of nitrogens with zero attached hydrogens (tertiary/aromatic N) is 2. The van der Waals surface area contributed by atoms with Gasteiger partial charge in [-0.1, -0.05) is 25.4 Å². The number of anilines is 1. The highest BCUT2D eigenvalue weighted by atomic mass is 35.5. The maximum absolute atomic E-state index is 10.5. The molecule has 2 N–H and O–H groups in total. The Hall–Kier alpha value is -1.16. The zero-order valence-corrected chi connectivity index (χ0v) is 8.17. The van der Waals surface area contributed by atoms with Crippen LogP contribution in [0.1, 0.15) is 35.9 Å². The Morgan fingerprint density at radius 1 is 1.46 bits per heavy atom. The number of nitrogens with two attached hydrogens (primary N) is 1. The molecule has 5 heteroatoms. The van der Waals surface area contributed by atoms with Gasteiger partial charge in [-0.15, -0.1) is 0 Å². The van der Waals surface area contributed by atoms with Gasteiger partial charge in [0, 0.05) is 5.92 Å². The van der Waals surface area contributed by atoms with Gasteiger partial charge in [0.1, 0.15) is 16.8 Å². The molecule has 4 nitrogen and oxygen atoms in total. The number of hydrogen-bond donors (Lipinski definition) is 1. The molecule has 1 aromatic rings. The smallest absolute Gasteiger partial charge is 0.156 e. The first-order valence-electron chi connectivity index (χ1n) is 3.84. The van der Waals surface area contributed by atoms with E-state index in [0.717, 1.165) is 0 Å². The molecule has 0 atom stereocenters. The number of halogens is 1. The van der Waals surface area contributed by atoms with Crippen LogP contribution in [0.15, 0.2) is 0 Å². The van der Waals surface area contributed by atoms with Crippen LogP contribution in [0.25, 0.3) is 0 Å². The van der Waals surface area contributed by atoms with Gasteiger partial charge in [-0.25, -0.2) is 9.97 Å². The second-order valence-corrected chi connectivity index (χ2v) is 3.30. The van der Waals surface area contributed by atoms with Crippen molar-refractivity contribution in [3.05, 3.63) is 16.5 Å². The van der Waals surface area contributed by atoms with Crippen molar-refractivity contribution in [2.75, 3.05) is 5.73 Å². The molecule has 13 heavy (non-hydrogen) atoms. The van der Waals surface area contributed by atoms with Crippen molar-refractivity contribution >= 4 is 23.7 Å². The second-order valence-electron chi connectivity index (χ2n) is 2.94. The Labute approximate surface area is 81.1 Å². The normalized spacial score (nSPS) is 10.5. The Kier molecular flexibility index (Phi) is 2.83. The zero-order valence-electron chi connectivity index (χ0n) is 7.41. The van der Waals surface area contributed by atoms with E-state index in [4.69, 9.17) is 17.3 Å². The lowest BCUT2D eigenvalue weighted by molar-refractivity contribution is 0.112. The molecule has 0 amide bonds. The van der Waals surface area contributed by atoms with E-state index >= 15 is 0 Å². The molecule has 0 aromatic carbocycles. The Morgan fingerprint density at radius 2 is 2.08 bits per heavy atom. The van der Waals surface area contributed by atoms with Crippen LogP contribution in [0.3, 0.4) is 0 Å². The molecular weight excluding hydrogens is 190 g/mol. The fourth-order valence-electron chi connectivity index (χ4n) is 0.842.